The van der Waals surface area contributed by atoms with E-state index in [1.54, 1.807) is 6.08 Å². The standard InChI is InChI=1S/C15H20N2O3/c1-4-7-16-14(18)17-15(2,3)11-5-6-12-13(10-11)20-9-8-19-12/h4-6,10H,1,7-9H2,2-3H3,(H2,16,17,18). The van der Waals surface area contributed by atoms with Gasteiger partial charge in [0.2, 0.25) is 0 Å². The molecule has 2 rings (SSSR count). The summed E-state index contributed by atoms with van der Waals surface area (Å²) in [6.45, 7) is 8.98. The molecule has 1 aliphatic rings. The third-order valence-electron chi connectivity index (χ3n) is 3.10. The maximum Gasteiger partial charge on any atom is 0.315 e. The molecule has 5 nitrogen and oxygen atoms in total. The fourth-order valence-corrected chi connectivity index (χ4v) is 2.00. The Balaban J connectivity index is 2.12. The van der Waals surface area contributed by atoms with Crippen molar-refractivity contribution in [2.75, 3.05) is 19.8 Å². The SMILES string of the molecule is C=CCNC(=O)NC(C)(C)c1ccc2c(c1)OCCO2. The Bertz CT molecular complexity index is 512. The molecule has 0 saturated carbocycles. The largest absolute Gasteiger partial charge is 0.486 e. The number of amides is 2. The molecule has 1 aliphatic heterocycles. The number of hydrogen-bond acceptors (Lipinski definition) is 3. The lowest BCUT2D eigenvalue weighted by molar-refractivity contribution is 0.171. The maximum atomic E-state index is 11.8. The third kappa shape index (κ3) is 3.23. The summed E-state index contributed by atoms with van der Waals surface area (Å²) in [5.74, 6) is 1.46. The highest BCUT2D eigenvalue weighted by molar-refractivity contribution is 5.75. The van der Waals surface area contributed by atoms with Crippen molar-refractivity contribution in [3.05, 3.63) is 36.4 Å². The second-order valence-corrected chi connectivity index (χ2v) is 5.11. The summed E-state index contributed by atoms with van der Waals surface area (Å²) in [5, 5.41) is 5.62. The molecule has 0 spiro atoms. The van der Waals surface area contributed by atoms with Crippen molar-refractivity contribution >= 4 is 6.03 Å². The van der Waals surface area contributed by atoms with Gasteiger partial charge < -0.3 is 20.1 Å². The zero-order valence-electron chi connectivity index (χ0n) is 11.9. The Morgan fingerprint density at radius 1 is 1.35 bits per heavy atom. The van der Waals surface area contributed by atoms with Gasteiger partial charge in [0.15, 0.2) is 11.5 Å². The van der Waals surface area contributed by atoms with Crippen LogP contribution in [0, 0.1) is 0 Å². The van der Waals surface area contributed by atoms with Gasteiger partial charge in [0.05, 0.1) is 5.54 Å². The van der Waals surface area contributed by atoms with Crippen molar-refractivity contribution in [2.45, 2.75) is 19.4 Å². The number of rotatable bonds is 4. The molecule has 0 saturated heterocycles. The number of urea groups is 1. The Hall–Kier alpha value is -2.17. The number of nitrogens with one attached hydrogen (secondary N) is 2. The van der Waals surface area contributed by atoms with E-state index in [2.05, 4.69) is 17.2 Å². The van der Waals surface area contributed by atoms with E-state index in [9.17, 15) is 4.79 Å². The summed E-state index contributed by atoms with van der Waals surface area (Å²) in [5.41, 5.74) is 0.441. The van der Waals surface area contributed by atoms with Gasteiger partial charge >= 0.3 is 6.03 Å². The zero-order valence-corrected chi connectivity index (χ0v) is 11.9. The number of carbonyl (C=O) groups excluding carboxylic acids is 1. The first-order chi connectivity index (χ1) is 9.53. The highest BCUT2D eigenvalue weighted by Gasteiger charge is 2.25. The summed E-state index contributed by atoms with van der Waals surface area (Å²) in [6, 6.07) is 5.48. The summed E-state index contributed by atoms with van der Waals surface area (Å²) in [6.07, 6.45) is 1.64. The van der Waals surface area contributed by atoms with Crippen LogP contribution in [0.1, 0.15) is 19.4 Å². The van der Waals surface area contributed by atoms with E-state index in [1.807, 2.05) is 32.0 Å². The Morgan fingerprint density at radius 3 is 2.75 bits per heavy atom. The molecule has 0 unspecified atom stereocenters. The van der Waals surface area contributed by atoms with Gasteiger partial charge in [0.1, 0.15) is 13.2 Å². The normalized spacial score (nSPS) is 13.5. The lowest BCUT2D eigenvalue weighted by atomic mass is 9.94. The van der Waals surface area contributed by atoms with Crippen molar-refractivity contribution < 1.29 is 14.3 Å². The highest BCUT2D eigenvalue weighted by Crippen LogP contribution is 2.34. The van der Waals surface area contributed by atoms with Gasteiger partial charge in [-0.2, -0.15) is 0 Å². The minimum absolute atomic E-state index is 0.232. The smallest absolute Gasteiger partial charge is 0.315 e. The average Bonchev–Trinajstić information content (AvgIpc) is 2.44. The molecule has 0 aromatic heterocycles. The van der Waals surface area contributed by atoms with Crippen LogP contribution in [-0.2, 0) is 5.54 Å². The van der Waals surface area contributed by atoms with Gasteiger partial charge in [-0.15, -0.1) is 6.58 Å². The second-order valence-electron chi connectivity index (χ2n) is 5.11. The maximum absolute atomic E-state index is 11.8. The molecule has 0 radical (unpaired) electrons. The van der Waals surface area contributed by atoms with Crippen LogP contribution in [0.15, 0.2) is 30.9 Å². The first-order valence-corrected chi connectivity index (χ1v) is 6.60. The quantitative estimate of drug-likeness (QED) is 0.829. The molecule has 108 valence electrons. The second kappa shape index (κ2) is 5.86. The van der Waals surface area contributed by atoms with Crippen LogP contribution >= 0.6 is 0 Å². The fourth-order valence-electron chi connectivity index (χ4n) is 2.00. The first kappa shape index (κ1) is 14.2. The number of benzene rings is 1. The van der Waals surface area contributed by atoms with E-state index in [0.29, 0.717) is 19.8 Å². The Kier molecular flexibility index (Phi) is 4.17. The van der Waals surface area contributed by atoms with Crippen molar-refractivity contribution in [2.24, 2.45) is 0 Å². The fraction of sp³-hybridized carbons (Fsp3) is 0.400. The predicted octanol–water partition coefficient (Wildman–Crippen LogP) is 2.18. The van der Waals surface area contributed by atoms with Crippen LogP contribution in [-0.4, -0.2) is 25.8 Å². The van der Waals surface area contributed by atoms with Crippen molar-refractivity contribution in [3.8, 4) is 11.5 Å². The lowest BCUT2D eigenvalue weighted by Crippen LogP contribution is -2.46. The third-order valence-corrected chi connectivity index (χ3v) is 3.10. The molecule has 1 heterocycles. The van der Waals surface area contributed by atoms with Crippen LogP contribution in [0.4, 0.5) is 4.79 Å². The van der Waals surface area contributed by atoms with E-state index in [-0.39, 0.29) is 6.03 Å². The van der Waals surface area contributed by atoms with Gasteiger partial charge in [0, 0.05) is 6.54 Å². The van der Waals surface area contributed by atoms with E-state index in [1.165, 1.54) is 0 Å². The van der Waals surface area contributed by atoms with Gasteiger partial charge in [-0.05, 0) is 31.5 Å². The number of carbonyl (C=O) groups is 1. The summed E-state index contributed by atoms with van der Waals surface area (Å²) in [7, 11) is 0. The molecular formula is C15H20N2O3. The van der Waals surface area contributed by atoms with Crippen molar-refractivity contribution in [3.63, 3.8) is 0 Å². The number of hydrogen-bond donors (Lipinski definition) is 2. The molecule has 2 N–H and O–H groups in total. The zero-order chi connectivity index (χ0) is 14.6. The van der Waals surface area contributed by atoms with Crippen LogP contribution in [0.25, 0.3) is 0 Å². The predicted molar refractivity (Wildman–Crippen MR) is 77.2 cm³/mol. The molecule has 0 atom stereocenters. The number of ether oxygens (including phenoxy) is 2. The molecule has 2 amide bonds. The molecular weight excluding hydrogens is 256 g/mol. The van der Waals surface area contributed by atoms with E-state index in [0.717, 1.165) is 17.1 Å². The minimum atomic E-state index is -0.513. The molecule has 1 aromatic carbocycles. The topological polar surface area (TPSA) is 59.6 Å². The molecule has 0 bridgehead atoms. The molecule has 20 heavy (non-hydrogen) atoms. The first-order valence-electron chi connectivity index (χ1n) is 6.60. The van der Waals surface area contributed by atoms with Gasteiger partial charge in [0.25, 0.3) is 0 Å². The Labute approximate surface area is 119 Å². The molecule has 0 aliphatic carbocycles. The molecule has 0 fully saturated rings. The summed E-state index contributed by atoms with van der Waals surface area (Å²) in [4.78, 5) is 11.8. The monoisotopic (exact) mass is 276 g/mol. The number of fused-ring (bicyclic) bond motifs is 1. The van der Waals surface area contributed by atoms with Crippen LogP contribution in [0.2, 0.25) is 0 Å². The summed E-state index contributed by atoms with van der Waals surface area (Å²) >= 11 is 0. The van der Waals surface area contributed by atoms with Crippen LogP contribution in [0.3, 0.4) is 0 Å². The lowest BCUT2D eigenvalue weighted by Gasteiger charge is -2.28. The van der Waals surface area contributed by atoms with E-state index < -0.39 is 5.54 Å². The van der Waals surface area contributed by atoms with Gasteiger partial charge in [-0.1, -0.05) is 12.1 Å². The van der Waals surface area contributed by atoms with E-state index >= 15 is 0 Å². The van der Waals surface area contributed by atoms with Crippen LogP contribution < -0.4 is 20.1 Å². The van der Waals surface area contributed by atoms with E-state index in [4.69, 9.17) is 9.47 Å². The minimum Gasteiger partial charge on any atom is -0.486 e. The average molecular weight is 276 g/mol. The summed E-state index contributed by atoms with van der Waals surface area (Å²) < 4.78 is 11.1. The molecule has 1 aromatic rings. The van der Waals surface area contributed by atoms with Gasteiger partial charge in [-0.25, -0.2) is 4.79 Å². The highest BCUT2D eigenvalue weighted by atomic mass is 16.6. The molecule has 5 heteroatoms. The van der Waals surface area contributed by atoms with Crippen LogP contribution in [0.5, 0.6) is 11.5 Å². The van der Waals surface area contributed by atoms with Crippen molar-refractivity contribution in [1.29, 1.82) is 0 Å². The Morgan fingerprint density at radius 2 is 2.05 bits per heavy atom. The van der Waals surface area contributed by atoms with Crippen molar-refractivity contribution in [1.82, 2.24) is 10.6 Å². The van der Waals surface area contributed by atoms with Gasteiger partial charge in [-0.3, -0.25) is 0 Å².